The van der Waals surface area contributed by atoms with Gasteiger partial charge in [-0.25, -0.2) is 0 Å². The quantitative estimate of drug-likeness (QED) is 0.408. The molecule has 4 rings (SSSR count). The van der Waals surface area contributed by atoms with Crippen molar-refractivity contribution in [1.29, 1.82) is 0 Å². The van der Waals surface area contributed by atoms with Gasteiger partial charge in [-0.1, -0.05) is 12.2 Å². The zero-order valence-electron chi connectivity index (χ0n) is 7.91. The van der Waals surface area contributed by atoms with E-state index in [1.54, 1.807) is 0 Å². The molecule has 0 aromatic carbocycles. The molecule has 13 heavy (non-hydrogen) atoms. The van der Waals surface area contributed by atoms with Crippen LogP contribution in [0.3, 0.4) is 0 Å². The number of fused-ring (bicyclic) bond motifs is 6. The molecule has 1 heterocycles. The van der Waals surface area contributed by atoms with Gasteiger partial charge in [0.1, 0.15) is 0 Å². The maximum atomic E-state index is 5.72. The fourth-order valence-electron chi connectivity index (χ4n) is 4.40. The van der Waals surface area contributed by atoms with E-state index < -0.39 is 0 Å². The molecule has 3 aliphatic carbocycles. The Morgan fingerprint density at radius 3 is 2.69 bits per heavy atom. The predicted molar refractivity (Wildman–Crippen MR) is 50.3 cm³/mol. The molecule has 1 saturated heterocycles. The zero-order valence-corrected chi connectivity index (χ0v) is 7.91. The second-order valence-electron chi connectivity index (χ2n) is 5.43. The van der Waals surface area contributed by atoms with Crippen LogP contribution in [0.1, 0.15) is 25.7 Å². The highest BCUT2D eigenvalue weighted by molar-refractivity contribution is 5.17. The minimum absolute atomic E-state index is 0.414. The molecule has 2 saturated carbocycles. The molecule has 1 nitrogen and oxygen atoms in total. The van der Waals surface area contributed by atoms with Gasteiger partial charge >= 0.3 is 0 Å². The first-order valence-electron chi connectivity index (χ1n) is 5.68. The lowest BCUT2D eigenvalue weighted by Gasteiger charge is -2.35. The van der Waals surface area contributed by atoms with Crippen LogP contribution < -0.4 is 0 Å². The molecular formula is C12H16O. The third-order valence-electron chi connectivity index (χ3n) is 5.01. The summed E-state index contributed by atoms with van der Waals surface area (Å²) in [7, 11) is 0. The molecule has 0 amide bonds. The van der Waals surface area contributed by atoms with Gasteiger partial charge in [0.05, 0.1) is 12.2 Å². The second-order valence-corrected chi connectivity index (χ2v) is 5.43. The van der Waals surface area contributed by atoms with Crippen LogP contribution >= 0.6 is 0 Å². The fourth-order valence-corrected chi connectivity index (χ4v) is 4.40. The van der Waals surface area contributed by atoms with Gasteiger partial charge in [-0.05, 0) is 49.4 Å². The molecule has 1 aliphatic heterocycles. The summed E-state index contributed by atoms with van der Waals surface area (Å²) in [6, 6.07) is 0. The van der Waals surface area contributed by atoms with E-state index in [-0.39, 0.29) is 0 Å². The minimum atomic E-state index is 0.414. The van der Waals surface area contributed by atoms with Gasteiger partial charge in [0.2, 0.25) is 0 Å². The lowest BCUT2D eigenvalue weighted by atomic mass is 9.69. The third kappa shape index (κ3) is 0.735. The van der Waals surface area contributed by atoms with E-state index in [2.05, 4.69) is 12.2 Å². The topological polar surface area (TPSA) is 12.5 Å². The summed E-state index contributed by atoms with van der Waals surface area (Å²) in [5, 5.41) is 0. The zero-order chi connectivity index (χ0) is 8.47. The lowest BCUT2D eigenvalue weighted by molar-refractivity contribution is 0.117. The van der Waals surface area contributed by atoms with Gasteiger partial charge in [0.25, 0.3) is 0 Å². The van der Waals surface area contributed by atoms with Gasteiger partial charge in [0.15, 0.2) is 0 Å². The third-order valence-corrected chi connectivity index (χ3v) is 5.01. The summed E-state index contributed by atoms with van der Waals surface area (Å²) in [4.78, 5) is 0. The summed E-state index contributed by atoms with van der Waals surface area (Å²) < 4.78 is 5.72. The van der Waals surface area contributed by atoms with E-state index in [9.17, 15) is 0 Å². The molecule has 0 aromatic heterocycles. The van der Waals surface area contributed by atoms with Crippen LogP contribution in [0.5, 0.6) is 0 Å². The average Bonchev–Trinajstić information content (AvgIpc) is 2.71. The molecule has 3 fully saturated rings. The fraction of sp³-hybridized carbons (Fsp3) is 0.833. The summed E-state index contributed by atoms with van der Waals surface area (Å²) in [5.74, 6) is 3.98. The van der Waals surface area contributed by atoms with Gasteiger partial charge < -0.3 is 4.74 Å². The molecule has 0 radical (unpaired) electrons. The number of ether oxygens (including phenoxy) is 1. The molecule has 5 atom stereocenters. The van der Waals surface area contributed by atoms with Gasteiger partial charge in [-0.3, -0.25) is 0 Å². The first-order valence-corrected chi connectivity index (χ1v) is 5.68. The largest absolute Gasteiger partial charge is 0.369 e. The first kappa shape index (κ1) is 7.05. The van der Waals surface area contributed by atoms with Crippen LogP contribution in [0.15, 0.2) is 12.2 Å². The molecule has 70 valence electrons. The number of hydrogen-bond donors (Lipinski definition) is 0. The predicted octanol–water partition coefficient (Wildman–Crippen LogP) is 2.38. The van der Waals surface area contributed by atoms with Crippen molar-refractivity contribution in [3.05, 3.63) is 12.2 Å². The Balaban J connectivity index is 1.72. The Bertz CT molecular complexity index is 277. The van der Waals surface area contributed by atoms with Gasteiger partial charge in [-0.2, -0.15) is 0 Å². The van der Waals surface area contributed by atoms with Crippen molar-refractivity contribution < 1.29 is 4.74 Å². The highest BCUT2D eigenvalue weighted by Crippen LogP contribution is 2.65. The van der Waals surface area contributed by atoms with Crippen LogP contribution in [0, 0.1) is 23.7 Å². The molecule has 1 heteroatoms. The summed E-state index contributed by atoms with van der Waals surface area (Å²) in [6.45, 7) is 1.08. The normalized spacial score (nSPS) is 61.5. The first-order chi connectivity index (χ1) is 6.39. The SMILES string of the molecule is C1=CCC2C(C1)C1CC2C2(CO2)C1. The van der Waals surface area contributed by atoms with Crippen molar-refractivity contribution in [1.82, 2.24) is 0 Å². The highest BCUT2D eigenvalue weighted by atomic mass is 16.6. The average molecular weight is 176 g/mol. The van der Waals surface area contributed by atoms with Crippen LogP contribution in [0.4, 0.5) is 0 Å². The molecule has 0 aromatic rings. The molecule has 2 bridgehead atoms. The Labute approximate surface area is 79.2 Å². The Morgan fingerprint density at radius 1 is 1.15 bits per heavy atom. The van der Waals surface area contributed by atoms with E-state index in [1.807, 2.05) is 0 Å². The molecule has 5 unspecified atom stereocenters. The van der Waals surface area contributed by atoms with Crippen LogP contribution in [0.25, 0.3) is 0 Å². The van der Waals surface area contributed by atoms with Crippen molar-refractivity contribution >= 4 is 0 Å². The highest BCUT2D eigenvalue weighted by Gasteiger charge is 2.66. The molecule has 1 spiro atoms. The van der Waals surface area contributed by atoms with E-state index >= 15 is 0 Å². The summed E-state index contributed by atoms with van der Waals surface area (Å²) in [6.07, 6.45) is 10.4. The van der Waals surface area contributed by atoms with Gasteiger partial charge in [0, 0.05) is 0 Å². The maximum absolute atomic E-state index is 5.72. The molecule has 0 N–H and O–H groups in total. The second kappa shape index (κ2) is 2.03. The van der Waals surface area contributed by atoms with Crippen molar-refractivity contribution in [2.24, 2.45) is 23.7 Å². The van der Waals surface area contributed by atoms with E-state index in [0.29, 0.717) is 5.60 Å². The lowest BCUT2D eigenvalue weighted by Crippen LogP contribution is -2.34. The number of allylic oxidation sites excluding steroid dienone is 2. The van der Waals surface area contributed by atoms with Crippen LogP contribution in [-0.2, 0) is 4.74 Å². The number of rotatable bonds is 0. The van der Waals surface area contributed by atoms with Crippen molar-refractivity contribution in [3.63, 3.8) is 0 Å². The summed E-state index contributed by atoms with van der Waals surface area (Å²) >= 11 is 0. The van der Waals surface area contributed by atoms with Crippen molar-refractivity contribution in [2.45, 2.75) is 31.3 Å². The van der Waals surface area contributed by atoms with Crippen LogP contribution in [-0.4, -0.2) is 12.2 Å². The monoisotopic (exact) mass is 176 g/mol. The smallest absolute Gasteiger partial charge is 0.0950 e. The minimum Gasteiger partial charge on any atom is -0.369 e. The number of hydrogen-bond acceptors (Lipinski definition) is 1. The maximum Gasteiger partial charge on any atom is 0.0950 e. The van der Waals surface area contributed by atoms with E-state index in [0.717, 1.165) is 30.3 Å². The van der Waals surface area contributed by atoms with Crippen molar-refractivity contribution in [2.75, 3.05) is 6.61 Å². The summed E-state index contributed by atoms with van der Waals surface area (Å²) in [5.41, 5.74) is 0.414. The number of epoxide rings is 1. The molecular weight excluding hydrogens is 160 g/mol. The Morgan fingerprint density at radius 2 is 1.92 bits per heavy atom. The van der Waals surface area contributed by atoms with E-state index in [1.165, 1.54) is 25.7 Å². The van der Waals surface area contributed by atoms with E-state index in [4.69, 9.17) is 4.74 Å². The Hall–Kier alpha value is -0.300. The molecule has 4 aliphatic rings. The van der Waals surface area contributed by atoms with Crippen LogP contribution in [0.2, 0.25) is 0 Å². The Kier molecular flexibility index (Phi) is 1.10. The standard InChI is InChI=1S/C12H16O/c1-2-4-10-9(3-1)8-5-11(10)12(6-8)7-13-12/h1-2,8-11H,3-7H2. The van der Waals surface area contributed by atoms with Crippen molar-refractivity contribution in [3.8, 4) is 0 Å². The van der Waals surface area contributed by atoms with Gasteiger partial charge in [-0.15, -0.1) is 0 Å².